The Balaban J connectivity index is 1.30. The molecule has 1 saturated heterocycles. The second-order valence-electron chi connectivity index (χ2n) is 9.37. The van der Waals surface area contributed by atoms with Crippen molar-refractivity contribution in [2.75, 3.05) is 45.3 Å². The molecule has 0 radical (unpaired) electrons. The van der Waals surface area contributed by atoms with Gasteiger partial charge in [0, 0.05) is 68.5 Å². The first-order valence-electron chi connectivity index (χ1n) is 11.7. The molecule has 1 aliphatic heterocycles. The second-order valence-corrected chi connectivity index (χ2v) is 9.37. The number of benzene rings is 1. The lowest BCUT2D eigenvalue weighted by Crippen LogP contribution is -2.45. The van der Waals surface area contributed by atoms with E-state index in [2.05, 4.69) is 19.9 Å². The lowest BCUT2D eigenvalue weighted by molar-refractivity contribution is 0.0265. The molecule has 0 aliphatic carbocycles. The van der Waals surface area contributed by atoms with E-state index < -0.39 is 5.60 Å². The molecule has 1 aliphatic rings. The summed E-state index contributed by atoms with van der Waals surface area (Å²) in [6.07, 6.45) is 5.88. The largest absolute Gasteiger partial charge is 0.386 e. The van der Waals surface area contributed by atoms with E-state index in [0.717, 1.165) is 33.3 Å². The fourth-order valence-corrected chi connectivity index (χ4v) is 4.93. The van der Waals surface area contributed by atoms with Crippen LogP contribution < -0.4 is 4.90 Å². The average molecular weight is 475 g/mol. The van der Waals surface area contributed by atoms with Crippen molar-refractivity contribution in [1.82, 2.24) is 24.4 Å². The number of aromatic nitrogens is 4. The maximum Gasteiger partial charge on any atom is 0.253 e. The maximum absolute atomic E-state index is 13.2. The number of β-amino-alcohol motifs (C(OH)–C–C–N with tert-alkyl or cyclic N) is 1. The Labute approximate surface area is 204 Å². The zero-order valence-corrected chi connectivity index (χ0v) is 20.3. The van der Waals surface area contributed by atoms with Crippen LogP contribution in [0.25, 0.3) is 21.9 Å². The highest BCUT2D eigenvalue weighted by Gasteiger charge is 2.38. The third-order valence-electron chi connectivity index (χ3n) is 6.67. The van der Waals surface area contributed by atoms with E-state index in [-0.39, 0.29) is 12.5 Å². The van der Waals surface area contributed by atoms with Crippen LogP contribution in [0.5, 0.6) is 0 Å². The Hall–Kier alpha value is -3.56. The summed E-state index contributed by atoms with van der Waals surface area (Å²) in [6, 6.07) is 9.47. The minimum Gasteiger partial charge on any atom is -0.386 e. The van der Waals surface area contributed by atoms with Crippen LogP contribution in [0.2, 0.25) is 0 Å². The van der Waals surface area contributed by atoms with Gasteiger partial charge in [-0.25, -0.2) is 4.98 Å². The van der Waals surface area contributed by atoms with Gasteiger partial charge in [0.2, 0.25) is 0 Å². The van der Waals surface area contributed by atoms with Gasteiger partial charge < -0.3 is 24.2 Å². The summed E-state index contributed by atoms with van der Waals surface area (Å²) in [5.74, 6) is -0.139. The molecule has 0 saturated carbocycles. The molecule has 182 valence electrons. The zero-order valence-electron chi connectivity index (χ0n) is 20.3. The normalized spacial score (nSPS) is 18.0. The molecular formula is C26H30N6O3. The average Bonchev–Trinajstić information content (AvgIpc) is 3.44. The molecule has 1 N–H and O–H groups in total. The molecule has 9 nitrogen and oxygen atoms in total. The van der Waals surface area contributed by atoms with Gasteiger partial charge >= 0.3 is 0 Å². The van der Waals surface area contributed by atoms with Gasteiger partial charge in [0.25, 0.3) is 5.91 Å². The first-order valence-corrected chi connectivity index (χ1v) is 11.7. The molecule has 35 heavy (non-hydrogen) atoms. The quantitative estimate of drug-likeness (QED) is 0.440. The third-order valence-corrected chi connectivity index (χ3v) is 6.67. The van der Waals surface area contributed by atoms with Crippen molar-refractivity contribution >= 4 is 33.5 Å². The van der Waals surface area contributed by atoms with Crippen molar-refractivity contribution in [3.05, 3.63) is 60.3 Å². The monoisotopic (exact) mass is 474 g/mol. The fraction of sp³-hybridized carbons (Fsp3) is 0.385. The number of pyridine rings is 2. The number of fused-ring (bicyclic) bond motifs is 2. The Morgan fingerprint density at radius 2 is 2.11 bits per heavy atom. The van der Waals surface area contributed by atoms with Gasteiger partial charge in [-0.3, -0.25) is 14.8 Å². The van der Waals surface area contributed by atoms with E-state index in [0.29, 0.717) is 38.2 Å². The van der Waals surface area contributed by atoms with E-state index in [4.69, 9.17) is 4.74 Å². The number of hydrogen-bond donors (Lipinski definition) is 1. The predicted molar refractivity (Wildman–Crippen MR) is 135 cm³/mol. The number of nitrogens with zero attached hydrogens (tertiary/aromatic N) is 6. The number of ether oxygens (including phenoxy) is 1. The molecule has 1 amide bonds. The fourth-order valence-electron chi connectivity index (χ4n) is 4.93. The minimum absolute atomic E-state index is 0.139. The number of aryl methyl sites for hydroxylation is 1. The molecule has 4 heterocycles. The van der Waals surface area contributed by atoms with Crippen LogP contribution in [0, 0.1) is 6.92 Å². The van der Waals surface area contributed by atoms with Crippen molar-refractivity contribution in [2.24, 2.45) is 0 Å². The SMILES string of the molecule is COCCn1cnc2cc(C(=O)N(C)C[C@]3(O)CCN(c4cc(C)nc5ccncc45)C3)ccc21. The maximum atomic E-state index is 13.2. The van der Waals surface area contributed by atoms with E-state index in [1.54, 1.807) is 37.6 Å². The number of amides is 1. The van der Waals surface area contributed by atoms with E-state index >= 15 is 0 Å². The van der Waals surface area contributed by atoms with Crippen LogP contribution in [0.1, 0.15) is 22.5 Å². The molecule has 0 bridgehead atoms. The molecule has 4 aromatic rings. The number of rotatable bonds is 7. The number of aliphatic hydroxyl groups is 1. The Bertz CT molecular complexity index is 1390. The van der Waals surface area contributed by atoms with Gasteiger partial charge in [0.1, 0.15) is 5.60 Å². The highest BCUT2D eigenvalue weighted by Crippen LogP contribution is 2.32. The first kappa shape index (κ1) is 23.2. The molecular weight excluding hydrogens is 444 g/mol. The number of carbonyl (C=O) groups excluding carboxylic acids is 1. The van der Waals surface area contributed by atoms with Gasteiger partial charge in [-0.05, 0) is 43.7 Å². The number of imidazole rings is 1. The summed E-state index contributed by atoms with van der Waals surface area (Å²) in [6.45, 7) is 4.62. The van der Waals surface area contributed by atoms with Crippen LogP contribution in [-0.2, 0) is 11.3 Å². The van der Waals surface area contributed by atoms with Crippen molar-refractivity contribution in [3.63, 3.8) is 0 Å². The Morgan fingerprint density at radius 1 is 1.26 bits per heavy atom. The lowest BCUT2D eigenvalue weighted by atomic mass is 10.0. The molecule has 5 rings (SSSR count). The Kier molecular flexibility index (Phi) is 6.12. The van der Waals surface area contributed by atoms with Gasteiger partial charge in [0.05, 0.1) is 36.0 Å². The van der Waals surface area contributed by atoms with Crippen LogP contribution >= 0.6 is 0 Å². The number of methoxy groups -OCH3 is 1. The van der Waals surface area contributed by atoms with Crippen LogP contribution in [-0.4, -0.2) is 81.4 Å². The second kappa shape index (κ2) is 9.24. The van der Waals surface area contributed by atoms with Crippen LogP contribution in [0.4, 0.5) is 5.69 Å². The smallest absolute Gasteiger partial charge is 0.253 e. The first-order chi connectivity index (χ1) is 16.9. The van der Waals surface area contributed by atoms with Gasteiger partial charge in [0.15, 0.2) is 0 Å². The molecule has 1 atom stereocenters. The summed E-state index contributed by atoms with van der Waals surface area (Å²) >= 11 is 0. The van der Waals surface area contributed by atoms with E-state index in [1.165, 1.54) is 0 Å². The molecule has 1 aromatic carbocycles. The van der Waals surface area contributed by atoms with Gasteiger partial charge in [-0.2, -0.15) is 0 Å². The minimum atomic E-state index is -1.01. The third kappa shape index (κ3) is 4.56. The Morgan fingerprint density at radius 3 is 2.94 bits per heavy atom. The summed E-state index contributed by atoms with van der Waals surface area (Å²) in [4.78, 5) is 30.2. The highest BCUT2D eigenvalue weighted by molar-refractivity contribution is 5.97. The number of hydrogen-bond acceptors (Lipinski definition) is 7. The van der Waals surface area contributed by atoms with Crippen LogP contribution in [0.15, 0.2) is 49.1 Å². The topological polar surface area (TPSA) is 96.6 Å². The van der Waals surface area contributed by atoms with E-state index in [1.807, 2.05) is 42.0 Å². The molecule has 9 heteroatoms. The number of carbonyl (C=O) groups is 1. The van der Waals surface area contributed by atoms with Crippen LogP contribution in [0.3, 0.4) is 0 Å². The van der Waals surface area contributed by atoms with Gasteiger partial charge in [-0.1, -0.05) is 0 Å². The molecule has 0 spiro atoms. The summed E-state index contributed by atoms with van der Waals surface area (Å²) in [5.41, 5.74) is 4.08. The zero-order chi connectivity index (χ0) is 24.6. The predicted octanol–water partition coefficient (Wildman–Crippen LogP) is 2.65. The number of anilines is 1. The van der Waals surface area contributed by atoms with Gasteiger partial charge in [-0.15, -0.1) is 0 Å². The van der Waals surface area contributed by atoms with E-state index in [9.17, 15) is 9.90 Å². The molecule has 0 unspecified atom stereocenters. The van der Waals surface area contributed by atoms with Crippen molar-refractivity contribution in [1.29, 1.82) is 0 Å². The lowest BCUT2D eigenvalue weighted by Gasteiger charge is -2.29. The summed E-state index contributed by atoms with van der Waals surface area (Å²) < 4.78 is 7.16. The summed E-state index contributed by atoms with van der Waals surface area (Å²) in [5, 5.41) is 12.4. The van der Waals surface area contributed by atoms with Crippen molar-refractivity contribution < 1.29 is 14.6 Å². The highest BCUT2D eigenvalue weighted by atomic mass is 16.5. The molecule has 3 aromatic heterocycles. The van der Waals surface area contributed by atoms with Crippen molar-refractivity contribution in [2.45, 2.75) is 25.5 Å². The standard InChI is InChI=1S/C26H30N6O3/c1-18-12-24(20-14-27-8-6-21(20)29-18)31-9-7-26(34,16-31)15-30(2)25(33)19-4-5-23-22(13-19)28-17-32(23)10-11-35-3/h4-6,8,12-14,17,34H,7,9-11,15-16H2,1-3H3/t26-/m1/s1. The number of likely N-dealkylation sites (N-methyl/N-ethyl adjacent to an activating group) is 1. The van der Waals surface area contributed by atoms with Crippen molar-refractivity contribution in [3.8, 4) is 0 Å². The molecule has 1 fully saturated rings. The summed E-state index contributed by atoms with van der Waals surface area (Å²) in [7, 11) is 3.40.